The SMILES string of the molecule is CC1CCCCC1N1CCc2c(N)cccc2C1. The van der Waals surface area contributed by atoms with Gasteiger partial charge in [0.1, 0.15) is 0 Å². The van der Waals surface area contributed by atoms with Gasteiger partial charge in [-0.1, -0.05) is 31.9 Å². The van der Waals surface area contributed by atoms with Crippen LogP contribution in [0.3, 0.4) is 0 Å². The Morgan fingerprint density at radius 1 is 1.22 bits per heavy atom. The molecule has 1 fully saturated rings. The van der Waals surface area contributed by atoms with Crippen LogP contribution in [0.15, 0.2) is 18.2 Å². The predicted octanol–water partition coefficient (Wildman–Crippen LogP) is 3.21. The van der Waals surface area contributed by atoms with Crippen LogP contribution in [0.5, 0.6) is 0 Å². The van der Waals surface area contributed by atoms with Crippen LogP contribution in [-0.4, -0.2) is 17.5 Å². The number of fused-ring (bicyclic) bond motifs is 1. The van der Waals surface area contributed by atoms with Crippen LogP contribution in [-0.2, 0) is 13.0 Å². The van der Waals surface area contributed by atoms with Crippen LogP contribution in [0.1, 0.15) is 43.7 Å². The molecule has 0 amide bonds. The first kappa shape index (κ1) is 12.0. The summed E-state index contributed by atoms with van der Waals surface area (Å²) in [5.41, 5.74) is 9.92. The maximum absolute atomic E-state index is 6.07. The molecule has 2 heteroatoms. The fourth-order valence-corrected chi connectivity index (χ4v) is 3.78. The quantitative estimate of drug-likeness (QED) is 0.769. The molecule has 2 nitrogen and oxygen atoms in total. The molecular weight excluding hydrogens is 220 g/mol. The Morgan fingerprint density at radius 3 is 2.89 bits per heavy atom. The number of nitrogens with two attached hydrogens (primary N) is 1. The van der Waals surface area contributed by atoms with E-state index in [1.54, 1.807) is 0 Å². The van der Waals surface area contributed by atoms with E-state index in [1.165, 1.54) is 43.4 Å². The number of hydrogen-bond acceptors (Lipinski definition) is 2. The van der Waals surface area contributed by atoms with Gasteiger partial charge in [0, 0.05) is 24.8 Å². The Bertz CT molecular complexity index is 427. The molecule has 18 heavy (non-hydrogen) atoms. The molecule has 3 rings (SSSR count). The standard InChI is InChI=1S/C16H24N2/c1-12-5-2-3-8-16(12)18-10-9-14-13(11-18)6-4-7-15(14)17/h4,6-7,12,16H,2-3,5,8-11,17H2,1H3. The minimum atomic E-state index is 0.799. The molecule has 1 aliphatic carbocycles. The molecule has 1 saturated carbocycles. The van der Waals surface area contributed by atoms with Gasteiger partial charge >= 0.3 is 0 Å². The first-order valence-electron chi connectivity index (χ1n) is 7.36. The van der Waals surface area contributed by atoms with Crippen molar-refractivity contribution in [3.63, 3.8) is 0 Å². The number of benzene rings is 1. The summed E-state index contributed by atoms with van der Waals surface area (Å²) in [6.07, 6.45) is 6.76. The van der Waals surface area contributed by atoms with Gasteiger partial charge in [-0.2, -0.15) is 0 Å². The fourth-order valence-electron chi connectivity index (χ4n) is 3.78. The predicted molar refractivity (Wildman–Crippen MR) is 76.4 cm³/mol. The third-order valence-corrected chi connectivity index (χ3v) is 4.87. The molecule has 0 saturated heterocycles. The van der Waals surface area contributed by atoms with Crippen molar-refractivity contribution < 1.29 is 0 Å². The van der Waals surface area contributed by atoms with Crippen LogP contribution in [0.4, 0.5) is 5.69 Å². The summed E-state index contributed by atoms with van der Waals surface area (Å²) >= 11 is 0. The monoisotopic (exact) mass is 244 g/mol. The van der Waals surface area contributed by atoms with Gasteiger partial charge in [-0.25, -0.2) is 0 Å². The number of hydrogen-bond donors (Lipinski definition) is 1. The Morgan fingerprint density at radius 2 is 2.06 bits per heavy atom. The van der Waals surface area contributed by atoms with Gasteiger partial charge < -0.3 is 5.73 Å². The first-order valence-corrected chi connectivity index (χ1v) is 7.36. The van der Waals surface area contributed by atoms with Crippen LogP contribution < -0.4 is 5.73 Å². The lowest BCUT2D eigenvalue weighted by Crippen LogP contribution is -2.44. The number of anilines is 1. The van der Waals surface area contributed by atoms with E-state index in [2.05, 4.69) is 24.0 Å². The number of rotatable bonds is 1. The minimum Gasteiger partial charge on any atom is -0.398 e. The highest BCUT2D eigenvalue weighted by molar-refractivity contribution is 5.51. The average molecular weight is 244 g/mol. The third kappa shape index (κ3) is 2.14. The molecule has 2 N–H and O–H groups in total. The highest BCUT2D eigenvalue weighted by Crippen LogP contribution is 2.32. The molecule has 2 aliphatic rings. The summed E-state index contributed by atoms with van der Waals surface area (Å²) in [5.74, 6) is 0.862. The summed E-state index contributed by atoms with van der Waals surface area (Å²) in [5, 5.41) is 0. The highest BCUT2D eigenvalue weighted by Gasteiger charge is 2.29. The molecule has 2 unspecified atom stereocenters. The molecule has 1 aromatic rings. The van der Waals surface area contributed by atoms with E-state index in [0.29, 0.717) is 0 Å². The second-order valence-electron chi connectivity index (χ2n) is 6.03. The van der Waals surface area contributed by atoms with Gasteiger partial charge in [0.2, 0.25) is 0 Å². The van der Waals surface area contributed by atoms with Crippen molar-refractivity contribution in [1.82, 2.24) is 4.90 Å². The van der Waals surface area contributed by atoms with E-state index in [4.69, 9.17) is 5.73 Å². The zero-order chi connectivity index (χ0) is 12.5. The maximum Gasteiger partial charge on any atom is 0.0350 e. The van der Waals surface area contributed by atoms with Crippen molar-refractivity contribution in [2.45, 2.75) is 51.6 Å². The topological polar surface area (TPSA) is 29.3 Å². The van der Waals surface area contributed by atoms with Crippen LogP contribution in [0.25, 0.3) is 0 Å². The largest absolute Gasteiger partial charge is 0.398 e. The highest BCUT2D eigenvalue weighted by atomic mass is 15.2. The molecule has 0 spiro atoms. The van der Waals surface area contributed by atoms with Crippen molar-refractivity contribution in [2.75, 3.05) is 12.3 Å². The molecule has 0 radical (unpaired) electrons. The first-order chi connectivity index (χ1) is 8.75. The summed E-state index contributed by atoms with van der Waals surface area (Å²) in [4.78, 5) is 2.70. The normalized spacial score (nSPS) is 28.9. The van der Waals surface area contributed by atoms with Crippen LogP contribution in [0, 0.1) is 5.92 Å². The second kappa shape index (κ2) is 4.93. The van der Waals surface area contributed by atoms with Crippen molar-refractivity contribution in [3.05, 3.63) is 29.3 Å². The van der Waals surface area contributed by atoms with Crippen LogP contribution in [0.2, 0.25) is 0 Å². The van der Waals surface area contributed by atoms with Crippen LogP contribution >= 0.6 is 0 Å². The lowest BCUT2D eigenvalue weighted by molar-refractivity contribution is 0.0993. The Labute approximate surface area is 110 Å². The molecule has 98 valence electrons. The Hall–Kier alpha value is -1.02. The van der Waals surface area contributed by atoms with Gasteiger partial charge in [0.25, 0.3) is 0 Å². The minimum absolute atomic E-state index is 0.799. The summed E-state index contributed by atoms with van der Waals surface area (Å²) in [7, 11) is 0. The summed E-state index contributed by atoms with van der Waals surface area (Å²) < 4.78 is 0. The van der Waals surface area contributed by atoms with Crippen molar-refractivity contribution in [3.8, 4) is 0 Å². The lowest BCUT2D eigenvalue weighted by Gasteiger charge is -2.41. The number of nitrogen functional groups attached to an aromatic ring is 1. The van der Waals surface area contributed by atoms with Gasteiger partial charge in [-0.3, -0.25) is 4.90 Å². The molecule has 0 aromatic heterocycles. The van der Waals surface area contributed by atoms with E-state index in [9.17, 15) is 0 Å². The van der Waals surface area contributed by atoms with Crippen molar-refractivity contribution in [2.24, 2.45) is 5.92 Å². The zero-order valence-corrected chi connectivity index (χ0v) is 11.4. The van der Waals surface area contributed by atoms with Gasteiger partial charge in [0.05, 0.1) is 0 Å². The lowest BCUT2D eigenvalue weighted by atomic mass is 9.83. The second-order valence-corrected chi connectivity index (χ2v) is 6.03. The average Bonchev–Trinajstić information content (AvgIpc) is 2.39. The van der Waals surface area contributed by atoms with E-state index in [1.807, 2.05) is 6.07 Å². The molecule has 2 atom stereocenters. The fraction of sp³-hybridized carbons (Fsp3) is 0.625. The smallest absolute Gasteiger partial charge is 0.0350 e. The molecule has 0 bridgehead atoms. The molecular formula is C16H24N2. The van der Waals surface area contributed by atoms with Crippen molar-refractivity contribution >= 4 is 5.69 Å². The number of nitrogens with zero attached hydrogens (tertiary/aromatic N) is 1. The van der Waals surface area contributed by atoms with E-state index in [-0.39, 0.29) is 0 Å². The zero-order valence-electron chi connectivity index (χ0n) is 11.4. The maximum atomic E-state index is 6.07. The summed E-state index contributed by atoms with van der Waals surface area (Å²) in [6.45, 7) is 4.73. The van der Waals surface area contributed by atoms with Gasteiger partial charge in [-0.05, 0) is 42.4 Å². The Balaban J connectivity index is 1.78. The summed E-state index contributed by atoms with van der Waals surface area (Å²) in [6, 6.07) is 7.19. The van der Waals surface area contributed by atoms with Crippen molar-refractivity contribution in [1.29, 1.82) is 0 Å². The van der Waals surface area contributed by atoms with E-state index in [0.717, 1.165) is 30.6 Å². The molecule has 1 aromatic carbocycles. The third-order valence-electron chi connectivity index (χ3n) is 4.87. The van der Waals surface area contributed by atoms with E-state index >= 15 is 0 Å². The molecule has 1 heterocycles. The van der Waals surface area contributed by atoms with Gasteiger partial charge in [-0.15, -0.1) is 0 Å². The van der Waals surface area contributed by atoms with E-state index < -0.39 is 0 Å². The van der Waals surface area contributed by atoms with Gasteiger partial charge in [0.15, 0.2) is 0 Å². The Kier molecular flexibility index (Phi) is 3.29. The molecule has 1 aliphatic heterocycles.